The van der Waals surface area contributed by atoms with Crippen molar-refractivity contribution in [2.24, 2.45) is 0 Å². The van der Waals surface area contributed by atoms with Gasteiger partial charge in [-0.15, -0.1) is 0 Å². The van der Waals surface area contributed by atoms with Gasteiger partial charge < -0.3 is 5.32 Å². The molecule has 1 saturated carbocycles. The van der Waals surface area contributed by atoms with Crippen molar-refractivity contribution in [1.82, 2.24) is 15.5 Å². The molecule has 2 N–H and O–H groups in total. The SMILES string of the molecule is CC(CNC(=O)c1n[nH]c(C2CC2)c1S(=O)(=O)Cl)S(C)=O. The molecule has 118 valence electrons. The number of hydrogen-bond acceptors (Lipinski definition) is 5. The van der Waals surface area contributed by atoms with E-state index in [-0.39, 0.29) is 28.3 Å². The summed E-state index contributed by atoms with van der Waals surface area (Å²) in [4.78, 5) is 11.8. The molecule has 1 amide bonds. The molecule has 2 atom stereocenters. The number of hydrogen-bond donors (Lipinski definition) is 2. The summed E-state index contributed by atoms with van der Waals surface area (Å²) in [5.74, 6) is -0.584. The topological polar surface area (TPSA) is 109 Å². The highest BCUT2D eigenvalue weighted by atomic mass is 35.7. The molecule has 1 aliphatic rings. The molecule has 0 saturated heterocycles. The Labute approximate surface area is 129 Å². The summed E-state index contributed by atoms with van der Waals surface area (Å²) in [6.07, 6.45) is 3.22. The Morgan fingerprint density at radius 2 is 2.19 bits per heavy atom. The second-order valence-corrected chi connectivity index (χ2v) is 9.35. The number of aromatic nitrogens is 2. The fourth-order valence-electron chi connectivity index (χ4n) is 1.83. The number of carbonyl (C=O) groups is 1. The summed E-state index contributed by atoms with van der Waals surface area (Å²) in [5, 5.41) is 8.67. The second-order valence-electron chi connectivity index (χ2n) is 5.05. The third kappa shape index (κ3) is 3.83. The van der Waals surface area contributed by atoms with Crippen LogP contribution in [0.25, 0.3) is 0 Å². The molecule has 0 bridgehead atoms. The maximum absolute atomic E-state index is 12.1. The predicted molar refractivity (Wildman–Crippen MR) is 79.5 cm³/mol. The average Bonchev–Trinajstić information content (AvgIpc) is 3.12. The summed E-state index contributed by atoms with van der Waals surface area (Å²) < 4.78 is 34.6. The number of halogens is 1. The molecule has 0 aromatic carbocycles. The van der Waals surface area contributed by atoms with Crippen molar-refractivity contribution in [2.75, 3.05) is 12.8 Å². The van der Waals surface area contributed by atoms with Crippen LogP contribution in [0.15, 0.2) is 4.90 Å². The molecule has 1 aromatic heterocycles. The minimum atomic E-state index is -4.07. The van der Waals surface area contributed by atoms with Gasteiger partial charge in [0.1, 0.15) is 4.90 Å². The van der Waals surface area contributed by atoms with Crippen molar-refractivity contribution in [3.8, 4) is 0 Å². The van der Waals surface area contributed by atoms with Gasteiger partial charge in [-0.3, -0.25) is 14.1 Å². The predicted octanol–water partition coefficient (Wildman–Crippen LogP) is 0.711. The lowest BCUT2D eigenvalue weighted by Crippen LogP contribution is -2.33. The average molecular weight is 354 g/mol. The highest BCUT2D eigenvalue weighted by Gasteiger charge is 2.36. The maximum atomic E-state index is 12.1. The van der Waals surface area contributed by atoms with E-state index < -0.39 is 25.8 Å². The first-order chi connectivity index (χ1) is 9.71. The van der Waals surface area contributed by atoms with E-state index in [0.29, 0.717) is 5.69 Å². The normalized spacial score (nSPS) is 18.2. The van der Waals surface area contributed by atoms with Crippen LogP contribution in [0, 0.1) is 0 Å². The first kappa shape index (κ1) is 16.4. The Kier molecular flexibility index (Phi) is 4.74. The third-order valence-electron chi connectivity index (χ3n) is 3.31. The Balaban J connectivity index is 2.23. The molecule has 0 spiro atoms. The number of amides is 1. The molecule has 10 heteroatoms. The Bertz CT molecular complexity index is 682. The van der Waals surface area contributed by atoms with E-state index in [0.717, 1.165) is 12.8 Å². The van der Waals surface area contributed by atoms with Crippen LogP contribution in [-0.2, 0) is 19.9 Å². The lowest BCUT2D eigenvalue weighted by atomic mass is 10.2. The van der Waals surface area contributed by atoms with Crippen molar-refractivity contribution in [2.45, 2.75) is 35.8 Å². The molecule has 2 unspecified atom stereocenters. The van der Waals surface area contributed by atoms with Gasteiger partial charge in [-0.05, 0) is 19.8 Å². The van der Waals surface area contributed by atoms with Gasteiger partial charge >= 0.3 is 0 Å². The summed E-state index contributed by atoms with van der Waals surface area (Å²) in [5.41, 5.74) is 0.156. The van der Waals surface area contributed by atoms with E-state index in [2.05, 4.69) is 15.5 Å². The van der Waals surface area contributed by atoms with Gasteiger partial charge in [-0.1, -0.05) is 0 Å². The number of nitrogens with zero attached hydrogens (tertiary/aromatic N) is 1. The zero-order valence-corrected chi connectivity index (χ0v) is 13.9. The fraction of sp³-hybridized carbons (Fsp3) is 0.636. The van der Waals surface area contributed by atoms with Gasteiger partial charge in [0.05, 0.1) is 5.69 Å². The van der Waals surface area contributed by atoms with Crippen LogP contribution in [0.3, 0.4) is 0 Å². The van der Waals surface area contributed by atoms with E-state index in [9.17, 15) is 17.4 Å². The van der Waals surface area contributed by atoms with Crippen molar-refractivity contribution < 1.29 is 17.4 Å². The quantitative estimate of drug-likeness (QED) is 0.732. The molecule has 7 nitrogen and oxygen atoms in total. The van der Waals surface area contributed by atoms with Gasteiger partial charge in [0, 0.05) is 45.5 Å². The van der Waals surface area contributed by atoms with E-state index in [1.165, 1.54) is 6.26 Å². The lowest BCUT2D eigenvalue weighted by molar-refractivity contribution is 0.0946. The number of rotatable bonds is 6. The Morgan fingerprint density at radius 1 is 1.57 bits per heavy atom. The number of H-pyrrole nitrogens is 1. The Morgan fingerprint density at radius 3 is 2.67 bits per heavy atom. The fourth-order valence-corrected chi connectivity index (χ4v) is 3.46. The maximum Gasteiger partial charge on any atom is 0.273 e. The van der Waals surface area contributed by atoms with Crippen LogP contribution >= 0.6 is 10.7 Å². The number of nitrogens with one attached hydrogen (secondary N) is 2. The van der Waals surface area contributed by atoms with E-state index in [4.69, 9.17) is 10.7 Å². The molecular formula is C11H16ClN3O4S2. The molecular weight excluding hydrogens is 338 g/mol. The van der Waals surface area contributed by atoms with Crippen LogP contribution in [0.2, 0.25) is 0 Å². The van der Waals surface area contributed by atoms with Gasteiger partial charge in [-0.2, -0.15) is 5.10 Å². The molecule has 0 radical (unpaired) electrons. The minimum Gasteiger partial charge on any atom is -0.349 e. The van der Waals surface area contributed by atoms with Crippen LogP contribution < -0.4 is 5.32 Å². The zero-order chi connectivity index (χ0) is 15.8. The summed E-state index contributed by atoms with van der Waals surface area (Å²) in [6.45, 7) is 1.88. The second kappa shape index (κ2) is 6.05. The van der Waals surface area contributed by atoms with Gasteiger partial charge in [-0.25, -0.2) is 8.42 Å². The van der Waals surface area contributed by atoms with E-state index >= 15 is 0 Å². The summed E-state index contributed by atoms with van der Waals surface area (Å²) >= 11 is 0. The first-order valence-corrected chi connectivity index (χ1v) is 10.3. The van der Waals surface area contributed by atoms with Crippen molar-refractivity contribution in [3.05, 3.63) is 11.4 Å². The highest BCUT2D eigenvalue weighted by Crippen LogP contribution is 2.43. The molecule has 1 heterocycles. The lowest BCUT2D eigenvalue weighted by Gasteiger charge is -2.09. The van der Waals surface area contributed by atoms with Crippen molar-refractivity contribution in [1.29, 1.82) is 0 Å². The minimum absolute atomic E-state index is 0.0599. The monoisotopic (exact) mass is 353 g/mol. The molecule has 21 heavy (non-hydrogen) atoms. The summed E-state index contributed by atoms with van der Waals surface area (Å²) in [6, 6.07) is 0. The standard InChI is InChI=1S/C11H16ClN3O4S2/c1-6(20(2)17)5-13-11(16)9-10(21(12,18)19)8(14-15-9)7-3-4-7/h6-7H,3-5H2,1-2H3,(H,13,16)(H,14,15). The highest BCUT2D eigenvalue weighted by molar-refractivity contribution is 8.13. The molecule has 1 fully saturated rings. The molecule has 1 aliphatic carbocycles. The molecule has 1 aromatic rings. The van der Waals surface area contributed by atoms with Crippen LogP contribution in [0.1, 0.15) is 41.9 Å². The summed E-state index contributed by atoms with van der Waals surface area (Å²) in [7, 11) is 0.270. The van der Waals surface area contributed by atoms with Crippen molar-refractivity contribution in [3.63, 3.8) is 0 Å². The first-order valence-electron chi connectivity index (χ1n) is 6.35. The van der Waals surface area contributed by atoms with Gasteiger partial charge in [0.25, 0.3) is 15.0 Å². The van der Waals surface area contributed by atoms with E-state index in [1.807, 2.05) is 0 Å². The third-order valence-corrected chi connectivity index (χ3v) is 5.97. The van der Waals surface area contributed by atoms with Gasteiger partial charge in [0.2, 0.25) is 0 Å². The van der Waals surface area contributed by atoms with Gasteiger partial charge in [0.15, 0.2) is 5.69 Å². The zero-order valence-electron chi connectivity index (χ0n) is 11.6. The van der Waals surface area contributed by atoms with E-state index in [1.54, 1.807) is 6.92 Å². The van der Waals surface area contributed by atoms with Crippen molar-refractivity contribution >= 4 is 36.4 Å². The Hall–Kier alpha value is -0.930. The molecule has 2 rings (SSSR count). The number of carbonyl (C=O) groups excluding carboxylic acids is 1. The van der Waals surface area contributed by atoms with Crippen LogP contribution in [0.5, 0.6) is 0 Å². The van der Waals surface area contributed by atoms with Crippen LogP contribution in [0.4, 0.5) is 0 Å². The largest absolute Gasteiger partial charge is 0.349 e. The molecule has 0 aliphatic heterocycles. The van der Waals surface area contributed by atoms with Crippen LogP contribution in [-0.4, -0.2) is 46.8 Å². The number of aromatic amines is 1. The smallest absolute Gasteiger partial charge is 0.273 e.